The second-order valence-electron chi connectivity index (χ2n) is 6.51. The highest BCUT2D eigenvalue weighted by molar-refractivity contribution is 8.16. The molecule has 0 unspecified atom stereocenters. The Hall–Kier alpha value is -1.83. The van der Waals surface area contributed by atoms with Gasteiger partial charge in [-0.2, -0.15) is 18.2 Å². The highest BCUT2D eigenvalue weighted by Crippen LogP contribution is 2.43. The lowest BCUT2D eigenvalue weighted by molar-refractivity contribution is -0.143. The highest BCUT2D eigenvalue weighted by atomic mass is 35.5. The molecule has 2 atom stereocenters. The minimum atomic E-state index is -4.74. The normalized spacial score (nSPS) is 24.3. The van der Waals surface area contributed by atoms with Gasteiger partial charge in [0.25, 0.3) is 5.91 Å². The fourth-order valence-electron chi connectivity index (χ4n) is 3.11. The smallest absolute Gasteiger partial charge is 0.417 e. The number of halogens is 4. The van der Waals surface area contributed by atoms with E-state index in [1.54, 1.807) is 0 Å². The first-order chi connectivity index (χ1) is 13.9. The molecule has 2 aliphatic heterocycles. The summed E-state index contributed by atoms with van der Waals surface area (Å²) in [6.07, 6.45) is -4.74. The van der Waals surface area contributed by atoms with Gasteiger partial charge in [-0.05, 0) is 18.2 Å². The summed E-state index contributed by atoms with van der Waals surface area (Å²) in [7, 11) is -3.41. The summed E-state index contributed by atoms with van der Waals surface area (Å²) < 4.78 is 68.5. The van der Waals surface area contributed by atoms with Crippen molar-refractivity contribution in [3.63, 3.8) is 0 Å². The summed E-state index contributed by atoms with van der Waals surface area (Å²) in [6, 6.07) is 2.38. The van der Waals surface area contributed by atoms with Gasteiger partial charge in [0.05, 0.1) is 28.1 Å². The van der Waals surface area contributed by atoms with E-state index in [9.17, 15) is 31.2 Å². The van der Waals surface area contributed by atoms with Crippen molar-refractivity contribution in [1.82, 2.24) is 0 Å². The van der Waals surface area contributed by atoms with Gasteiger partial charge in [-0.15, -0.1) is 0 Å². The quantitative estimate of drug-likeness (QED) is 0.673. The van der Waals surface area contributed by atoms with Gasteiger partial charge in [0.15, 0.2) is 15.0 Å². The second-order valence-corrected chi connectivity index (χ2v) is 10.3. The molecular weight excluding hydrogens is 473 g/mol. The van der Waals surface area contributed by atoms with Crippen LogP contribution in [0.5, 0.6) is 0 Å². The van der Waals surface area contributed by atoms with Crippen molar-refractivity contribution in [2.45, 2.75) is 17.5 Å². The average molecular weight is 487 g/mol. The Labute approximate surface area is 178 Å². The first-order valence-corrected chi connectivity index (χ1v) is 11.4. The number of thioether (sulfide) groups is 1. The third-order valence-corrected chi connectivity index (χ3v) is 7.81. The van der Waals surface area contributed by atoms with Crippen molar-refractivity contribution in [3.05, 3.63) is 28.8 Å². The number of benzene rings is 1. The van der Waals surface area contributed by atoms with Crippen LogP contribution >= 0.6 is 23.4 Å². The van der Waals surface area contributed by atoms with E-state index in [-0.39, 0.29) is 22.4 Å². The summed E-state index contributed by atoms with van der Waals surface area (Å²) in [4.78, 5) is 27.6. The van der Waals surface area contributed by atoms with Crippen molar-refractivity contribution in [2.75, 3.05) is 29.6 Å². The molecule has 1 N–H and O–H groups in total. The van der Waals surface area contributed by atoms with E-state index in [1.807, 2.05) is 0 Å². The number of rotatable bonds is 5. The van der Waals surface area contributed by atoms with Crippen LogP contribution in [0.25, 0.3) is 0 Å². The molecule has 14 heteroatoms. The molecule has 0 radical (unpaired) electrons. The molecule has 2 fully saturated rings. The molecule has 0 aromatic heterocycles. The number of aliphatic imine (C=N–C) groups is 1. The molecule has 1 amide bonds. The lowest BCUT2D eigenvalue weighted by Crippen LogP contribution is -2.38. The number of ether oxygens (including phenoxy) is 1. The van der Waals surface area contributed by atoms with Gasteiger partial charge >= 0.3 is 12.1 Å². The molecule has 0 saturated carbocycles. The zero-order valence-corrected chi connectivity index (χ0v) is 17.3. The van der Waals surface area contributed by atoms with Gasteiger partial charge in [-0.1, -0.05) is 23.4 Å². The third kappa shape index (κ3) is 5.07. The fourth-order valence-corrected chi connectivity index (χ4v) is 7.27. The van der Waals surface area contributed by atoms with Gasteiger partial charge in [0.2, 0.25) is 0 Å². The molecule has 3 rings (SSSR count). The number of anilines is 1. The molecular formula is C16H14ClF3N2O6S2. The Morgan fingerprint density at radius 2 is 2.00 bits per heavy atom. The number of aliphatic carboxylic acids is 1. The number of nitrogens with zero attached hydrogens (tertiary/aromatic N) is 2. The maximum atomic E-state index is 13.3. The van der Waals surface area contributed by atoms with Gasteiger partial charge in [-0.25, -0.2) is 13.2 Å². The molecule has 0 spiro atoms. The molecule has 164 valence electrons. The van der Waals surface area contributed by atoms with Gasteiger partial charge in [0, 0.05) is 10.9 Å². The van der Waals surface area contributed by atoms with Crippen LogP contribution in [0, 0.1) is 0 Å². The standard InChI is InChI=1S/C16H14ClF3N2O6S2/c17-10-2-1-8(3-9(10)16(18,19)20)22-11-6-30(26,27)7-12(11)29-15(22)21-13(23)4-28-5-14(24)25/h1-3,11-12H,4-7H2,(H,24,25)/t11-,12+/m1/s1. The predicted molar refractivity (Wildman–Crippen MR) is 104 cm³/mol. The van der Waals surface area contributed by atoms with Crippen LogP contribution in [0.2, 0.25) is 5.02 Å². The number of amides is 1. The van der Waals surface area contributed by atoms with Gasteiger partial charge in [0.1, 0.15) is 13.2 Å². The number of amidine groups is 1. The van der Waals surface area contributed by atoms with E-state index in [0.29, 0.717) is 0 Å². The number of carboxylic acid groups (broad SMARTS) is 1. The molecule has 0 bridgehead atoms. The number of hydrogen-bond acceptors (Lipinski definition) is 6. The number of sulfone groups is 1. The Morgan fingerprint density at radius 1 is 1.30 bits per heavy atom. The van der Waals surface area contributed by atoms with Crippen LogP contribution in [-0.2, 0) is 30.3 Å². The SMILES string of the molecule is O=C(O)COCC(=O)N=C1S[C@H]2CS(=O)(=O)C[C@H]2N1c1ccc(Cl)c(C(F)(F)F)c1. The van der Waals surface area contributed by atoms with Crippen molar-refractivity contribution in [2.24, 2.45) is 4.99 Å². The van der Waals surface area contributed by atoms with E-state index < -0.39 is 63.0 Å². The minimum Gasteiger partial charge on any atom is -0.480 e. The van der Waals surface area contributed by atoms with Crippen LogP contribution < -0.4 is 4.90 Å². The molecule has 30 heavy (non-hydrogen) atoms. The van der Waals surface area contributed by atoms with Crippen LogP contribution in [0.15, 0.2) is 23.2 Å². The average Bonchev–Trinajstić information content (AvgIpc) is 3.05. The van der Waals surface area contributed by atoms with E-state index in [4.69, 9.17) is 16.7 Å². The first kappa shape index (κ1) is 22.8. The summed E-state index contributed by atoms with van der Waals surface area (Å²) >= 11 is 6.62. The van der Waals surface area contributed by atoms with Crippen LogP contribution in [0.4, 0.5) is 18.9 Å². The van der Waals surface area contributed by atoms with Crippen molar-refractivity contribution < 1.29 is 41.0 Å². The predicted octanol–water partition coefficient (Wildman–Crippen LogP) is 2.06. The van der Waals surface area contributed by atoms with Gasteiger partial charge < -0.3 is 14.7 Å². The highest BCUT2D eigenvalue weighted by Gasteiger charge is 2.49. The largest absolute Gasteiger partial charge is 0.480 e. The van der Waals surface area contributed by atoms with Crippen LogP contribution in [0.3, 0.4) is 0 Å². The topological polar surface area (TPSA) is 113 Å². The zero-order valence-electron chi connectivity index (χ0n) is 14.9. The summed E-state index contributed by atoms with van der Waals surface area (Å²) in [6.45, 7) is -1.37. The zero-order chi connectivity index (χ0) is 22.3. The Kier molecular flexibility index (Phi) is 6.37. The summed E-state index contributed by atoms with van der Waals surface area (Å²) in [5, 5.41) is 7.50. The Morgan fingerprint density at radius 3 is 2.63 bits per heavy atom. The molecule has 0 aliphatic carbocycles. The molecule has 2 heterocycles. The number of fused-ring (bicyclic) bond motifs is 1. The first-order valence-electron chi connectivity index (χ1n) is 8.31. The second kappa shape index (κ2) is 8.36. The van der Waals surface area contributed by atoms with Crippen molar-refractivity contribution in [3.8, 4) is 0 Å². The maximum Gasteiger partial charge on any atom is 0.417 e. The Bertz CT molecular complexity index is 1010. The third-order valence-electron chi connectivity index (χ3n) is 4.27. The lowest BCUT2D eigenvalue weighted by atomic mass is 10.1. The number of carbonyl (C=O) groups excluding carboxylic acids is 1. The molecule has 1 aromatic rings. The van der Waals surface area contributed by atoms with Crippen molar-refractivity contribution >= 4 is 55.9 Å². The number of alkyl halides is 3. The van der Waals surface area contributed by atoms with E-state index in [2.05, 4.69) is 9.73 Å². The van der Waals surface area contributed by atoms with Crippen LogP contribution in [0.1, 0.15) is 5.56 Å². The maximum absolute atomic E-state index is 13.3. The molecule has 1 aromatic carbocycles. The summed E-state index contributed by atoms with van der Waals surface area (Å²) in [5.74, 6) is -2.65. The number of carbonyl (C=O) groups is 2. The fraction of sp³-hybridized carbons (Fsp3) is 0.438. The molecule has 2 aliphatic rings. The number of hydrogen-bond donors (Lipinski definition) is 1. The number of carboxylic acids is 1. The van der Waals surface area contributed by atoms with Gasteiger partial charge in [-0.3, -0.25) is 4.79 Å². The molecule has 2 saturated heterocycles. The van der Waals surface area contributed by atoms with E-state index in [0.717, 1.165) is 23.9 Å². The lowest BCUT2D eigenvalue weighted by Gasteiger charge is -2.25. The van der Waals surface area contributed by atoms with E-state index in [1.165, 1.54) is 11.0 Å². The Balaban J connectivity index is 1.95. The van der Waals surface area contributed by atoms with Crippen LogP contribution in [-0.4, -0.2) is 66.6 Å². The van der Waals surface area contributed by atoms with E-state index >= 15 is 0 Å². The summed E-state index contributed by atoms with van der Waals surface area (Å²) in [5.41, 5.74) is -1.12. The molecule has 8 nitrogen and oxygen atoms in total. The van der Waals surface area contributed by atoms with Crippen molar-refractivity contribution in [1.29, 1.82) is 0 Å². The monoisotopic (exact) mass is 486 g/mol. The minimum absolute atomic E-state index is 0.0122.